The molecule has 2 aromatic carbocycles. The van der Waals surface area contributed by atoms with Gasteiger partial charge in [-0.05, 0) is 42.8 Å². The molecule has 0 saturated carbocycles. The molecule has 1 aliphatic heterocycles. The molecule has 2 N–H and O–H groups in total. The van der Waals surface area contributed by atoms with Gasteiger partial charge in [0.25, 0.3) is 11.8 Å². The topological polar surface area (TPSA) is 85.9 Å². The summed E-state index contributed by atoms with van der Waals surface area (Å²) in [4.78, 5) is 25.1. The number of hydrogen-bond acceptors (Lipinski definition) is 5. The summed E-state index contributed by atoms with van der Waals surface area (Å²) in [5.74, 6) is 0.831. The monoisotopic (exact) mass is 368 g/mol. The van der Waals surface area contributed by atoms with Crippen molar-refractivity contribution in [2.24, 2.45) is 0 Å². The van der Waals surface area contributed by atoms with Crippen molar-refractivity contribution >= 4 is 17.9 Å². The van der Waals surface area contributed by atoms with Crippen LogP contribution in [0.1, 0.15) is 22.8 Å². The van der Waals surface area contributed by atoms with Crippen LogP contribution in [-0.2, 0) is 4.79 Å². The molecule has 0 saturated heterocycles. The maximum atomic E-state index is 12.7. The molecule has 1 aliphatic rings. The van der Waals surface area contributed by atoms with Gasteiger partial charge in [-0.3, -0.25) is 9.59 Å². The van der Waals surface area contributed by atoms with Crippen LogP contribution in [0.15, 0.2) is 48.2 Å². The molecule has 3 rings (SSSR count). The number of methoxy groups -OCH3 is 1. The molecule has 0 bridgehead atoms. The maximum Gasteiger partial charge on any atom is 0.267 e. The van der Waals surface area contributed by atoms with E-state index < -0.39 is 11.8 Å². The number of rotatable bonds is 6. The first-order valence-corrected chi connectivity index (χ1v) is 8.46. The van der Waals surface area contributed by atoms with Gasteiger partial charge < -0.3 is 24.8 Å². The normalized spacial score (nSPS) is 12.4. The highest BCUT2D eigenvalue weighted by Crippen LogP contribution is 2.33. The Balaban J connectivity index is 1.89. The molecular formula is C20H20N2O5. The minimum atomic E-state index is -0.439. The summed E-state index contributed by atoms with van der Waals surface area (Å²) in [5, 5.41) is 5.36. The number of amides is 2. The Morgan fingerprint density at radius 3 is 2.70 bits per heavy atom. The number of para-hydroxylation sites is 1. The largest absolute Gasteiger partial charge is 0.496 e. The van der Waals surface area contributed by atoms with E-state index in [2.05, 4.69) is 10.6 Å². The van der Waals surface area contributed by atoms with Crippen LogP contribution in [0.2, 0.25) is 0 Å². The summed E-state index contributed by atoms with van der Waals surface area (Å²) >= 11 is 0. The van der Waals surface area contributed by atoms with Crippen LogP contribution >= 0.6 is 0 Å². The summed E-state index contributed by atoms with van der Waals surface area (Å²) in [6.07, 6.45) is 1.58. The van der Waals surface area contributed by atoms with Crippen molar-refractivity contribution in [3.63, 3.8) is 0 Å². The highest BCUT2D eigenvalue weighted by molar-refractivity contribution is 6.06. The van der Waals surface area contributed by atoms with Gasteiger partial charge in [-0.2, -0.15) is 0 Å². The Bertz CT molecular complexity index is 892. The average Bonchev–Trinajstić information content (AvgIpc) is 3.15. The second-order valence-electron chi connectivity index (χ2n) is 5.68. The van der Waals surface area contributed by atoms with Crippen LogP contribution in [0.3, 0.4) is 0 Å². The molecule has 0 fully saturated rings. The first-order valence-electron chi connectivity index (χ1n) is 8.46. The van der Waals surface area contributed by atoms with E-state index in [-0.39, 0.29) is 12.5 Å². The predicted octanol–water partition coefficient (Wildman–Crippen LogP) is 2.33. The molecule has 0 unspecified atom stereocenters. The van der Waals surface area contributed by atoms with E-state index in [4.69, 9.17) is 14.2 Å². The Hall–Kier alpha value is -3.48. The quantitative estimate of drug-likeness (QED) is 0.765. The first kappa shape index (κ1) is 18.3. The Morgan fingerprint density at radius 2 is 1.93 bits per heavy atom. The van der Waals surface area contributed by atoms with Gasteiger partial charge in [-0.1, -0.05) is 18.2 Å². The zero-order valence-corrected chi connectivity index (χ0v) is 15.1. The number of ether oxygens (including phenoxy) is 3. The van der Waals surface area contributed by atoms with Crippen LogP contribution < -0.4 is 24.8 Å². The molecule has 0 aliphatic carbocycles. The lowest BCUT2D eigenvalue weighted by atomic mass is 10.1. The number of benzene rings is 2. The van der Waals surface area contributed by atoms with Crippen molar-refractivity contribution in [2.75, 3.05) is 20.4 Å². The molecule has 0 aromatic heterocycles. The maximum absolute atomic E-state index is 12.7. The molecule has 0 radical (unpaired) electrons. The van der Waals surface area contributed by atoms with E-state index in [1.165, 1.54) is 7.11 Å². The van der Waals surface area contributed by atoms with Crippen molar-refractivity contribution in [3.8, 4) is 17.2 Å². The van der Waals surface area contributed by atoms with Gasteiger partial charge in [-0.25, -0.2) is 0 Å². The van der Waals surface area contributed by atoms with E-state index in [1.807, 2.05) is 0 Å². The van der Waals surface area contributed by atoms with Crippen molar-refractivity contribution in [1.29, 1.82) is 0 Å². The van der Waals surface area contributed by atoms with Crippen molar-refractivity contribution in [2.45, 2.75) is 6.92 Å². The Kier molecular flexibility index (Phi) is 5.61. The Morgan fingerprint density at radius 1 is 1.15 bits per heavy atom. The molecule has 7 nitrogen and oxygen atoms in total. The average molecular weight is 368 g/mol. The lowest BCUT2D eigenvalue weighted by Crippen LogP contribution is -2.34. The van der Waals surface area contributed by atoms with Crippen LogP contribution in [0, 0.1) is 0 Å². The van der Waals surface area contributed by atoms with Crippen molar-refractivity contribution in [3.05, 3.63) is 59.3 Å². The van der Waals surface area contributed by atoms with Crippen LogP contribution in [0.4, 0.5) is 0 Å². The molecule has 0 atom stereocenters. The lowest BCUT2D eigenvalue weighted by Gasteiger charge is -2.12. The van der Waals surface area contributed by atoms with Gasteiger partial charge in [0.15, 0.2) is 11.5 Å². The third kappa shape index (κ3) is 4.20. The van der Waals surface area contributed by atoms with Gasteiger partial charge in [0, 0.05) is 6.54 Å². The summed E-state index contributed by atoms with van der Waals surface area (Å²) in [5.41, 5.74) is 1.15. The summed E-state index contributed by atoms with van der Waals surface area (Å²) in [7, 11) is 1.49. The van der Waals surface area contributed by atoms with Crippen LogP contribution in [0.25, 0.3) is 6.08 Å². The first-order chi connectivity index (χ1) is 13.1. The smallest absolute Gasteiger partial charge is 0.267 e. The third-order valence-corrected chi connectivity index (χ3v) is 3.89. The molecule has 2 amide bonds. The number of carbonyl (C=O) groups is 2. The fraction of sp³-hybridized carbons (Fsp3) is 0.200. The molecule has 1 heterocycles. The number of nitrogens with one attached hydrogen (secondary N) is 2. The lowest BCUT2D eigenvalue weighted by molar-refractivity contribution is -0.117. The van der Waals surface area contributed by atoms with Crippen molar-refractivity contribution < 1.29 is 23.8 Å². The van der Waals surface area contributed by atoms with E-state index in [9.17, 15) is 9.59 Å². The molecule has 0 spiro atoms. The number of likely N-dealkylation sites (N-methyl/N-ethyl adjacent to an activating group) is 1. The number of carbonyl (C=O) groups excluding carboxylic acids is 2. The number of hydrogen-bond donors (Lipinski definition) is 2. The highest BCUT2D eigenvalue weighted by atomic mass is 16.7. The van der Waals surface area contributed by atoms with Gasteiger partial charge in [-0.15, -0.1) is 0 Å². The van der Waals surface area contributed by atoms with Gasteiger partial charge >= 0.3 is 0 Å². The zero-order chi connectivity index (χ0) is 19.2. The fourth-order valence-corrected chi connectivity index (χ4v) is 2.61. The van der Waals surface area contributed by atoms with E-state index >= 15 is 0 Å². The Labute approximate surface area is 156 Å². The van der Waals surface area contributed by atoms with Crippen LogP contribution in [0.5, 0.6) is 17.2 Å². The number of fused-ring (bicyclic) bond motifs is 1. The highest BCUT2D eigenvalue weighted by Gasteiger charge is 2.18. The SMILES string of the molecule is CCNC(=O)/C(=C\c1ccc2c(c1)OCO2)NC(=O)c1ccccc1OC. The minimum absolute atomic E-state index is 0.117. The van der Waals surface area contributed by atoms with E-state index in [1.54, 1.807) is 55.5 Å². The summed E-state index contributed by atoms with van der Waals surface area (Å²) < 4.78 is 15.9. The fourth-order valence-electron chi connectivity index (χ4n) is 2.61. The van der Waals surface area contributed by atoms with Gasteiger partial charge in [0.2, 0.25) is 6.79 Å². The summed E-state index contributed by atoms with van der Waals surface area (Å²) in [6.45, 7) is 2.40. The van der Waals surface area contributed by atoms with Crippen LogP contribution in [-0.4, -0.2) is 32.3 Å². The van der Waals surface area contributed by atoms with E-state index in [0.717, 1.165) is 0 Å². The minimum Gasteiger partial charge on any atom is -0.496 e. The molecular weight excluding hydrogens is 348 g/mol. The van der Waals surface area contributed by atoms with Gasteiger partial charge in [0.05, 0.1) is 12.7 Å². The zero-order valence-electron chi connectivity index (χ0n) is 15.1. The summed E-state index contributed by atoms with van der Waals surface area (Å²) in [6, 6.07) is 12.1. The predicted molar refractivity (Wildman–Crippen MR) is 99.7 cm³/mol. The third-order valence-electron chi connectivity index (χ3n) is 3.89. The second-order valence-corrected chi connectivity index (χ2v) is 5.68. The van der Waals surface area contributed by atoms with Gasteiger partial charge in [0.1, 0.15) is 11.4 Å². The second kappa shape index (κ2) is 8.27. The molecule has 2 aromatic rings. The standard InChI is InChI=1S/C20H20N2O5/c1-3-21-20(24)15(10-13-8-9-17-18(11-13)27-12-26-17)22-19(23)14-6-4-5-7-16(14)25-2/h4-11H,3,12H2,1-2H3,(H,21,24)(H,22,23)/b15-10+. The molecule has 7 heteroatoms. The van der Waals surface area contributed by atoms with Crippen molar-refractivity contribution in [1.82, 2.24) is 10.6 Å². The van der Waals surface area contributed by atoms with E-state index in [0.29, 0.717) is 34.9 Å². The molecule has 140 valence electrons. The molecule has 27 heavy (non-hydrogen) atoms.